The molecule has 1 fully saturated rings. The molecule has 272 valence electrons. The van der Waals surface area contributed by atoms with E-state index < -0.39 is 96.1 Å². The van der Waals surface area contributed by atoms with Crippen molar-refractivity contribution >= 4 is 47.3 Å². The monoisotopic (exact) mass is 684 g/mol. The molecule has 18 nitrogen and oxygen atoms in total. The van der Waals surface area contributed by atoms with Crippen molar-refractivity contribution in [1.29, 1.82) is 0 Å². The fraction of sp³-hybridized carbons (Fsp3) is 0.733. The number of likely N-dealkylation sites (tertiary alicyclic amines) is 1. The second-order valence-corrected chi connectivity index (χ2v) is 12.4. The number of nitrogens with two attached hydrogens (primary N) is 2. The minimum Gasteiger partial charge on any atom is -0.480 e. The quantitative estimate of drug-likeness (QED) is 0.0581. The molecule has 11 N–H and O–H groups in total. The maximum Gasteiger partial charge on any atom is 0.328 e. The summed E-state index contributed by atoms with van der Waals surface area (Å²) in [6, 6.07) is -7.51. The molecule has 0 spiro atoms. The number of nitrogens with one attached hydrogen (secondary N) is 5. The standard InChI is InChI=1S/C30H52N8O10/c1-15(2)13-20(35-25(42)16(3)33-18(5)40)26(43)34-19(9-6-7-11-31)29(46)38-12-8-10-22(38)28(45)36-21(14-23(32)41)27(44)37-24(17(4)39)30(47)48/h15-17,19-22,24,39H,6-14,31H2,1-5H3,(H2,32,41)(H,33,40)(H,34,43)(H,35,42)(H,36,45)(H,37,44)(H,47,48)/t16-,17+,19-,20-,21-,22-,24-/m0/s1. The minimum atomic E-state index is -1.73. The molecule has 1 heterocycles. The van der Waals surface area contributed by atoms with Crippen LogP contribution in [0, 0.1) is 5.92 Å². The Balaban J connectivity index is 3.22. The molecule has 7 amide bonds. The molecule has 0 radical (unpaired) electrons. The van der Waals surface area contributed by atoms with Crippen molar-refractivity contribution in [3.8, 4) is 0 Å². The van der Waals surface area contributed by atoms with Gasteiger partial charge in [-0.1, -0.05) is 13.8 Å². The molecule has 0 aromatic carbocycles. The van der Waals surface area contributed by atoms with Gasteiger partial charge in [-0.15, -0.1) is 0 Å². The zero-order chi connectivity index (χ0) is 36.7. The number of primary amides is 1. The van der Waals surface area contributed by atoms with E-state index >= 15 is 0 Å². The molecule has 1 rings (SSSR count). The Kier molecular flexibility index (Phi) is 17.5. The van der Waals surface area contributed by atoms with Gasteiger partial charge in [-0.05, 0) is 64.8 Å². The maximum absolute atomic E-state index is 13.9. The van der Waals surface area contributed by atoms with Crippen LogP contribution in [0.4, 0.5) is 0 Å². The van der Waals surface area contributed by atoms with Crippen LogP contribution in [0.15, 0.2) is 0 Å². The first-order valence-electron chi connectivity index (χ1n) is 16.1. The van der Waals surface area contributed by atoms with Crippen LogP contribution in [0.3, 0.4) is 0 Å². The van der Waals surface area contributed by atoms with Crippen molar-refractivity contribution in [2.75, 3.05) is 13.1 Å². The number of hydrogen-bond acceptors (Lipinski definition) is 10. The first-order chi connectivity index (χ1) is 22.4. The smallest absolute Gasteiger partial charge is 0.328 e. The number of carbonyl (C=O) groups is 8. The summed E-state index contributed by atoms with van der Waals surface area (Å²) in [5.74, 6) is -6.69. The van der Waals surface area contributed by atoms with Crippen molar-refractivity contribution < 1.29 is 48.6 Å². The van der Waals surface area contributed by atoms with E-state index in [1.54, 1.807) is 0 Å². The normalized spacial score (nSPS) is 18.0. The summed E-state index contributed by atoms with van der Waals surface area (Å²) >= 11 is 0. The largest absolute Gasteiger partial charge is 0.480 e. The van der Waals surface area contributed by atoms with E-state index in [1.165, 1.54) is 18.7 Å². The average molecular weight is 685 g/mol. The molecule has 7 atom stereocenters. The number of rotatable bonds is 20. The second-order valence-electron chi connectivity index (χ2n) is 12.4. The number of aliphatic hydroxyl groups excluding tert-OH is 1. The van der Waals surface area contributed by atoms with Gasteiger partial charge in [-0.3, -0.25) is 33.6 Å². The number of carboxylic acid groups (broad SMARTS) is 1. The lowest BCUT2D eigenvalue weighted by molar-refractivity contribution is -0.146. The Labute approximate surface area is 279 Å². The van der Waals surface area contributed by atoms with Crippen LogP contribution in [-0.2, 0) is 38.4 Å². The number of hydrogen-bond donors (Lipinski definition) is 9. The highest BCUT2D eigenvalue weighted by Gasteiger charge is 2.40. The molecule has 0 saturated carbocycles. The lowest BCUT2D eigenvalue weighted by Gasteiger charge is -2.31. The highest BCUT2D eigenvalue weighted by atomic mass is 16.4. The average Bonchev–Trinajstić information content (AvgIpc) is 3.47. The van der Waals surface area contributed by atoms with Gasteiger partial charge in [0.15, 0.2) is 6.04 Å². The zero-order valence-corrected chi connectivity index (χ0v) is 28.2. The third kappa shape index (κ3) is 13.8. The number of amides is 7. The van der Waals surface area contributed by atoms with Crippen LogP contribution in [0.5, 0.6) is 0 Å². The highest BCUT2D eigenvalue weighted by molar-refractivity contribution is 5.98. The van der Waals surface area contributed by atoms with Gasteiger partial charge in [0.05, 0.1) is 12.5 Å². The molecule has 0 bridgehead atoms. The number of aliphatic carboxylic acids is 1. The summed E-state index contributed by atoms with van der Waals surface area (Å²) < 4.78 is 0. The van der Waals surface area contributed by atoms with E-state index in [9.17, 15) is 48.6 Å². The fourth-order valence-corrected chi connectivity index (χ4v) is 5.22. The Hall–Kier alpha value is -4.32. The Morgan fingerprint density at radius 2 is 1.44 bits per heavy atom. The molecule has 18 heteroatoms. The van der Waals surface area contributed by atoms with Gasteiger partial charge < -0.3 is 53.2 Å². The third-order valence-corrected chi connectivity index (χ3v) is 7.64. The lowest BCUT2D eigenvalue weighted by atomic mass is 10.0. The van der Waals surface area contributed by atoms with Gasteiger partial charge >= 0.3 is 5.97 Å². The van der Waals surface area contributed by atoms with Crippen LogP contribution >= 0.6 is 0 Å². The van der Waals surface area contributed by atoms with Gasteiger partial charge in [0.1, 0.15) is 30.2 Å². The van der Waals surface area contributed by atoms with Gasteiger partial charge in [0.2, 0.25) is 41.4 Å². The van der Waals surface area contributed by atoms with E-state index in [0.29, 0.717) is 25.8 Å². The summed E-state index contributed by atoms with van der Waals surface area (Å²) in [5, 5.41) is 31.3. The van der Waals surface area contributed by atoms with Crippen LogP contribution < -0.4 is 38.1 Å². The highest BCUT2D eigenvalue weighted by Crippen LogP contribution is 2.21. The number of aliphatic hydroxyl groups is 1. The molecule has 0 aromatic rings. The van der Waals surface area contributed by atoms with Crippen LogP contribution in [0.1, 0.15) is 79.6 Å². The summed E-state index contributed by atoms with van der Waals surface area (Å²) in [7, 11) is 0. The second kappa shape index (κ2) is 20.1. The van der Waals surface area contributed by atoms with Gasteiger partial charge in [-0.2, -0.15) is 0 Å². The summed E-state index contributed by atoms with van der Waals surface area (Å²) in [4.78, 5) is 102. The van der Waals surface area contributed by atoms with Gasteiger partial charge in [0.25, 0.3) is 0 Å². The first kappa shape index (κ1) is 41.7. The first-order valence-corrected chi connectivity index (χ1v) is 16.1. The molecule has 0 aromatic heterocycles. The van der Waals surface area contributed by atoms with Crippen LogP contribution in [0.25, 0.3) is 0 Å². The third-order valence-electron chi connectivity index (χ3n) is 7.64. The van der Waals surface area contributed by atoms with Crippen molar-refractivity contribution in [2.24, 2.45) is 17.4 Å². The van der Waals surface area contributed by atoms with Crippen LogP contribution in [-0.4, -0.2) is 118 Å². The van der Waals surface area contributed by atoms with Crippen molar-refractivity contribution in [2.45, 2.75) is 122 Å². The molecule has 48 heavy (non-hydrogen) atoms. The molecule has 1 aliphatic rings. The fourth-order valence-electron chi connectivity index (χ4n) is 5.22. The Morgan fingerprint density at radius 3 is 1.96 bits per heavy atom. The predicted molar refractivity (Wildman–Crippen MR) is 171 cm³/mol. The molecular weight excluding hydrogens is 632 g/mol. The van der Waals surface area contributed by atoms with E-state index in [1.807, 2.05) is 13.8 Å². The number of nitrogens with zero attached hydrogens (tertiary/aromatic N) is 1. The number of unbranched alkanes of at least 4 members (excludes halogenated alkanes) is 1. The Bertz CT molecular complexity index is 1180. The number of carboxylic acids is 1. The summed E-state index contributed by atoms with van der Waals surface area (Å²) in [6.07, 6.45) is -0.221. The lowest BCUT2D eigenvalue weighted by Crippen LogP contribution is -2.60. The zero-order valence-electron chi connectivity index (χ0n) is 28.2. The van der Waals surface area contributed by atoms with E-state index in [2.05, 4.69) is 26.6 Å². The summed E-state index contributed by atoms with van der Waals surface area (Å²) in [5.41, 5.74) is 10.9. The van der Waals surface area contributed by atoms with Crippen LogP contribution in [0.2, 0.25) is 0 Å². The van der Waals surface area contributed by atoms with Gasteiger partial charge in [-0.25, -0.2) is 4.79 Å². The summed E-state index contributed by atoms with van der Waals surface area (Å²) in [6.45, 7) is 8.02. The molecule has 0 aliphatic carbocycles. The van der Waals surface area contributed by atoms with Crippen molar-refractivity contribution in [3.05, 3.63) is 0 Å². The van der Waals surface area contributed by atoms with E-state index in [-0.39, 0.29) is 31.7 Å². The molecular formula is C30H52N8O10. The topological polar surface area (TPSA) is 292 Å². The predicted octanol–water partition coefficient (Wildman–Crippen LogP) is -3.04. The maximum atomic E-state index is 13.9. The van der Waals surface area contributed by atoms with Crippen molar-refractivity contribution in [3.63, 3.8) is 0 Å². The minimum absolute atomic E-state index is 0.0351. The molecule has 1 aliphatic heterocycles. The van der Waals surface area contributed by atoms with E-state index in [4.69, 9.17) is 11.5 Å². The number of carbonyl (C=O) groups excluding carboxylic acids is 7. The molecule has 0 unspecified atom stereocenters. The van der Waals surface area contributed by atoms with Gasteiger partial charge in [0, 0.05) is 13.5 Å². The van der Waals surface area contributed by atoms with Crippen molar-refractivity contribution in [1.82, 2.24) is 31.5 Å². The SMILES string of the molecule is CC(=O)N[C@@H](C)C(=O)N[C@@H](CC(C)C)C(=O)N[C@@H](CCCCN)C(=O)N1CCC[C@H]1C(=O)N[C@@H](CC(N)=O)C(=O)N[C@H](C(=O)O)[C@@H](C)O. The Morgan fingerprint density at radius 1 is 0.833 bits per heavy atom. The van der Waals surface area contributed by atoms with E-state index in [0.717, 1.165) is 6.92 Å². The molecule has 1 saturated heterocycles.